The van der Waals surface area contributed by atoms with Crippen LogP contribution in [0, 0.1) is 11.3 Å². The number of nitriles is 1. The van der Waals surface area contributed by atoms with Crippen molar-refractivity contribution < 1.29 is 27.8 Å². The van der Waals surface area contributed by atoms with Gasteiger partial charge in [-0.1, -0.05) is 36.4 Å². The van der Waals surface area contributed by atoms with Crippen molar-refractivity contribution in [1.29, 1.82) is 5.26 Å². The van der Waals surface area contributed by atoms with E-state index in [4.69, 9.17) is 4.74 Å². The quantitative estimate of drug-likeness (QED) is 0.764. The molecule has 2 bridgehead atoms. The molecule has 2 aliphatic heterocycles. The molecular weight excluding hydrogens is 409 g/mol. The number of rotatable bonds is 3. The molecule has 4 rings (SSSR count). The number of piperidine rings is 1. The van der Waals surface area contributed by atoms with Gasteiger partial charge in [0.1, 0.15) is 6.61 Å². The van der Waals surface area contributed by atoms with Crippen LogP contribution in [0.3, 0.4) is 0 Å². The summed E-state index contributed by atoms with van der Waals surface area (Å²) in [5.74, 6) is 0. The van der Waals surface area contributed by atoms with Crippen molar-refractivity contribution in [3.05, 3.63) is 70.8 Å². The summed E-state index contributed by atoms with van der Waals surface area (Å²) in [4.78, 5) is 14.3. The molecule has 0 spiro atoms. The molecule has 8 heteroatoms. The lowest BCUT2D eigenvalue weighted by Gasteiger charge is -2.43. The summed E-state index contributed by atoms with van der Waals surface area (Å²) in [5, 5.41) is 20.7. The third-order valence-corrected chi connectivity index (χ3v) is 6.15. The molecule has 1 amide bonds. The molecule has 0 aliphatic carbocycles. The fourth-order valence-electron chi connectivity index (χ4n) is 4.76. The molecule has 0 saturated carbocycles. The van der Waals surface area contributed by atoms with E-state index >= 15 is 0 Å². The number of benzene rings is 2. The number of hydrogen-bond acceptors (Lipinski definition) is 4. The smallest absolute Gasteiger partial charge is 0.416 e. The minimum Gasteiger partial charge on any atom is -0.445 e. The lowest BCUT2D eigenvalue weighted by molar-refractivity contribution is -0.137. The first-order chi connectivity index (χ1) is 14.7. The third-order valence-electron chi connectivity index (χ3n) is 6.15. The SMILES string of the molecule is N#Cc1cc(C(F)(F)F)ccc1C1(O)CC2CCC(C1)N2C(=O)OCc1ccccc1. The van der Waals surface area contributed by atoms with Gasteiger partial charge in [-0.3, -0.25) is 0 Å². The topological polar surface area (TPSA) is 73.6 Å². The van der Waals surface area contributed by atoms with Gasteiger partial charge in [-0.15, -0.1) is 0 Å². The average molecular weight is 430 g/mol. The molecule has 0 radical (unpaired) electrons. The molecule has 2 aromatic carbocycles. The second-order valence-electron chi connectivity index (χ2n) is 8.14. The molecule has 2 unspecified atom stereocenters. The zero-order chi connectivity index (χ0) is 22.2. The molecule has 31 heavy (non-hydrogen) atoms. The fraction of sp³-hybridized carbons (Fsp3) is 0.391. The minimum absolute atomic E-state index is 0.136. The van der Waals surface area contributed by atoms with Crippen LogP contribution in [0.15, 0.2) is 48.5 Å². The Bertz CT molecular complexity index is 1000. The van der Waals surface area contributed by atoms with Gasteiger partial charge >= 0.3 is 12.3 Å². The van der Waals surface area contributed by atoms with Crippen LogP contribution in [-0.2, 0) is 23.1 Å². The van der Waals surface area contributed by atoms with Crippen molar-refractivity contribution in [3.63, 3.8) is 0 Å². The number of aliphatic hydroxyl groups is 1. The molecule has 2 atom stereocenters. The van der Waals surface area contributed by atoms with E-state index in [-0.39, 0.29) is 42.7 Å². The van der Waals surface area contributed by atoms with E-state index < -0.39 is 23.4 Å². The molecule has 5 nitrogen and oxygen atoms in total. The third kappa shape index (κ3) is 4.10. The van der Waals surface area contributed by atoms with Crippen LogP contribution in [0.1, 0.15) is 47.9 Å². The number of nitrogens with zero attached hydrogens (tertiary/aromatic N) is 2. The molecule has 2 aliphatic rings. The van der Waals surface area contributed by atoms with Gasteiger partial charge in [-0.2, -0.15) is 18.4 Å². The first kappa shape index (κ1) is 21.2. The van der Waals surface area contributed by atoms with E-state index in [1.807, 2.05) is 30.3 Å². The summed E-state index contributed by atoms with van der Waals surface area (Å²) in [7, 11) is 0. The number of hydrogen-bond donors (Lipinski definition) is 1. The van der Waals surface area contributed by atoms with Crippen LogP contribution in [-0.4, -0.2) is 28.2 Å². The number of amides is 1. The van der Waals surface area contributed by atoms with Crippen molar-refractivity contribution in [2.45, 2.75) is 56.2 Å². The molecule has 2 fully saturated rings. The minimum atomic E-state index is -4.57. The van der Waals surface area contributed by atoms with Crippen LogP contribution in [0.2, 0.25) is 0 Å². The monoisotopic (exact) mass is 430 g/mol. The molecule has 2 heterocycles. The average Bonchev–Trinajstić information content (AvgIpc) is 3.03. The Kier molecular flexibility index (Phi) is 5.40. The van der Waals surface area contributed by atoms with Crippen molar-refractivity contribution in [1.82, 2.24) is 4.90 Å². The van der Waals surface area contributed by atoms with Gasteiger partial charge in [0.25, 0.3) is 0 Å². The summed E-state index contributed by atoms with van der Waals surface area (Å²) in [6.07, 6.45) is -3.43. The second-order valence-corrected chi connectivity index (χ2v) is 8.14. The van der Waals surface area contributed by atoms with E-state index in [0.717, 1.165) is 17.7 Å². The van der Waals surface area contributed by atoms with E-state index in [9.17, 15) is 28.3 Å². The Labute approximate surface area is 177 Å². The van der Waals surface area contributed by atoms with E-state index in [2.05, 4.69) is 0 Å². The van der Waals surface area contributed by atoms with E-state index in [1.54, 1.807) is 11.0 Å². The molecule has 162 valence electrons. The van der Waals surface area contributed by atoms with Crippen LogP contribution in [0.4, 0.5) is 18.0 Å². The normalized spacial score (nSPS) is 25.2. The highest BCUT2D eigenvalue weighted by Gasteiger charge is 2.51. The zero-order valence-corrected chi connectivity index (χ0v) is 16.6. The van der Waals surface area contributed by atoms with E-state index in [0.29, 0.717) is 12.8 Å². The summed E-state index contributed by atoms with van der Waals surface area (Å²) >= 11 is 0. The number of ether oxygens (including phenoxy) is 1. The molecule has 1 N–H and O–H groups in total. The maximum absolute atomic E-state index is 13.0. The van der Waals surface area contributed by atoms with Crippen molar-refractivity contribution in [2.24, 2.45) is 0 Å². The Balaban J connectivity index is 1.52. The first-order valence-electron chi connectivity index (χ1n) is 10.0. The van der Waals surface area contributed by atoms with Crippen molar-refractivity contribution in [3.8, 4) is 6.07 Å². The molecule has 0 aromatic heterocycles. The van der Waals surface area contributed by atoms with Crippen LogP contribution >= 0.6 is 0 Å². The predicted molar refractivity (Wildman–Crippen MR) is 105 cm³/mol. The Hall–Kier alpha value is -3.05. The van der Waals surface area contributed by atoms with Crippen LogP contribution < -0.4 is 0 Å². The van der Waals surface area contributed by atoms with Gasteiger partial charge in [-0.05, 0) is 30.5 Å². The van der Waals surface area contributed by atoms with Gasteiger partial charge in [0.15, 0.2) is 0 Å². The summed E-state index contributed by atoms with van der Waals surface area (Å²) in [5.41, 5.74) is -1.56. The number of carbonyl (C=O) groups is 1. The number of alkyl halides is 3. The lowest BCUT2D eigenvalue weighted by atomic mass is 9.78. The number of halogens is 3. The van der Waals surface area contributed by atoms with Gasteiger partial charge in [0.05, 0.1) is 22.8 Å². The van der Waals surface area contributed by atoms with Crippen molar-refractivity contribution in [2.75, 3.05) is 0 Å². The maximum Gasteiger partial charge on any atom is 0.416 e. The Morgan fingerprint density at radius 1 is 1.16 bits per heavy atom. The number of carbonyl (C=O) groups excluding carboxylic acids is 1. The molecule has 2 aromatic rings. The van der Waals surface area contributed by atoms with Gasteiger partial charge in [-0.25, -0.2) is 4.79 Å². The van der Waals surface area contributed by atoms with Gasteiger partial charge in [0.2, 0.25) is 0 Å². The summed E-state index contributed by atoms with van der Waals surface area (Å²) in [6, 6.07) is 13.3. The highest BCUT2D eigenvalue weighted by molar-refractivity contribution is 5.69. The Morgan fingerprint density at radius 2 is 1.81 bits per heavy atom. The van der Waals surface area contributed by atoms with Crippen LogP contribution in [0.5, 0.6) is 0 Å². The second kappa shape index (κ2) is 7.89. The summed E-state index contributed by atoms with van der Waals surface area (Å²) < 4.78 is 44.5. The zero-order valence-electron chi connectivity index (χ0n) is 16.6. The Morgan fingerprint density at radius 3 is 2.39 bits per heavy atom. The molecule has 2 saturated heterocycles. The molecular formula is C23H21F3N2O3. The highest BCUT2D eigenvalue weighted by atomic mass is 19.4. The predicted octanol–water partition coefficient (Wildman–Crippen LogP) is 4.73. The highest BCUT2D eigenvalue weighted by Crippen LogP contribution is 2.47. The summed E-state index contributed by atoms with van der Waals surface area (Å²) in [6.45, 7) is 0.136. The maximum atomic E-state index is 13.0. The largest absolute Gasteiger partial charge is 0.445 e. The first-order valence-corrected chi connectivity index (χ1v) is 10.0. The fourth-order valence-corrected chi connectivity index (χ4v) is 4.76. The lowest BCUT2D eigenvalue weighted by Crippen LogP contribution is -2.52. The standard InChI is InChI=1S/C23H21F3N2O3/c24-23(25,26)17-6-9-20(16(10-17)13-27)22(30)11-18-7-8-19(12-22)28(18)21(29)31-14-15-4-2-1-3-5-15/h1-6,9-10,18-19,30H,7-8,11-12,14H2. The van der Waals surface area contributed by atoms with E-state index in [1.165, 1.54) is 6.07 Å². The van der Waals surface area contributed by atoms with Gasteiger partial charge < -0.3 is 14.7 Å². The van der Waals surface area contributed by atoms with Gasteiger partial charge in [0, 0.05) is 30.5 Å². The number of fused-ring (bicyclic) bond motifs is 2. The van der Waals surface area contributed by atoms with Crippen LogP contribution in [0.25, 0.3) is 0 Å². The van der Waals surface area contributed by atoms with Crippen molar-refractivity contribution >= 4 is 6.09 Å².